The SMILES string of the molecule is Cc1c(CNC(=O)c2cncc(Cl)c2Cl)cnn1C. The van der Waals surface area contributed by atoms with Gasteiger partial charge in [-0.05, 0) is 6.92 Å². The van der Waals surface area contributed by atoms with E-state index in [4.69, 9.17) is 23.2 Å². The Morgan fingerprint density at radius 3 is 2.74 bits per heavy atom. The first-order valence-electron chi connectivity index (χ1n) is 5.55. The number of rotatable bonds is 3. The van der Waals surface area contributed by atoms with Crippen molar-refractivity contribution >= 4 is 29.1 Å². The Balaban J connectivity index is 2.10. The summed E-state index contributed by atoms with van der Waals surface area (Å²) in [6.07, 6.45) is 4.50. The average molecular weight is 299 g/mol. The molecule has 2 aromatic heterocycles. The maximum absolute atomic E-state index is 12.0. The Hall–Kier alpha value is -1.59. The summed E-state index contributed by atoms with van der Waals surface area (Å²) in [5, 5.41) is 7.33. The molecule has 2 rings (SSSR count). The van der Waals surface area contributed by atoms with Crippen LogP contribution in [-0.2, 0) is 13.6 Å². The van der Waals surface area contributed by atoms with Crippen molar-refractivity contribution in [1.82, 2.24) is 20.1 Å². The standard InChI is InChI=1S/C12H12Cl2N4O/c1-7-8(4-17-18(7)2)3-16-12(19)9-5-15-6-10(13)11(9)14/h4-6H,3H2,1-2H3,(H,16,19). The third-order valence-corrected chi connectivity index (χ3v) is 3.65. The van der Waals surface area contributed by atoms with Gasteiger partial charge in [-0.15, -0.1) is 0 Å². The highest BCUT2D eigenvalue weighted by molar-refractivity contribution is 6.43. The maximum Gasteiger partial charge on any atom is 0.254 e. The van der Waals surface area contributed by atoms with Crippen molar-refractivity contribution in [2.45, 2.75) is 13.5 Å². The molecule has 0 bridgehead atoms. The number of aromatic nitrogens is 3. The molecule has 2 aromatic rings. The lowest BCUT2D eigenvalue weighted by Gasteiger charge is -2.07. The molecule has 2 heterocycles. The van der Waals surface area contributed by atoms with Crippen LogP contribution in [0.1, 0.15) is 21.6 Å². The number of hydrogen-bond donors (Lipinski definition) is 1. The number of hydrogen-bond acceptors (Lipinski definition) is 3. The number of nitrogens with one attached hydrogen (secondary N) is 1. The van der Waals surface area contributed by atoms with Crippen molar-refractivity contribution in [3.63, 3.8) is 0 Å². The van der Waals surface area contributed by atoms with E-state index in [1.54, 1.807) is 10.9 Å². The number of halogens is 2. The molecular weight excluding hydrogens is 287 g/mol. The largest absolute Gasteiger partial charge is 0.348 e. The van der Waals surface area contributed by atoms with E-state index >= 15 is 0 Å². The molecule has 0 atom stereocenters. The molecule has 100 valence electrons. The van der Waals surface area contributed by atoms with E-state index in [9.17, 15) is 4.79 Å². The molecule has 0 aliphatic rings. The normalized spacial score (nSPS) is 10.5. The van der Waals surface area contributed by atoms with Gasteiger partial charge in [0.1, 0.15) is 0 Å². The van der Waals surface area contributed by atoms with Crippen LogP contribution in [0.15, 0.2) is 18.6 Å². The van der Waals surface area contributed by atoms with Gasteiger partial charge in [-0.2, -0.15) is 5.10 Å². The molecule has 1 N–H and O–H groups in total. The molecule has 0 radical (unpaired) electrons. The summed E-state index contributed by atoms with van der Waals surface area (Å²) in [5.74, 6) is -0.316. The van der Waals surface area contributed by atoms with E-state index in [0.717, 1.165) is 11.3 Å². The van der Waals surface area contributed by atoms with Crippen molar-refractivity contribution in [1.29, 1.82) is 0 Å². The number of amides is 1. The Bertz CT molecular complexity index is 624. The Labute approximate surface area is 120 Å². The van der Waals surface area contributed by atoms with Crippen LogP contribution in [0.2, 0.25) is 10.0 Å². The molecule has 19 heavy (non-hydrogen) atoms. The van der Waals surface area contributed by atoms with Crippen molar-refractivity contribution < 1.29 is 4.79 Å². The molecular formula is C12H12Cl2N4O. The third-order valence-electron chi connectivity index (χ3n) is 2.86. The second kappa shape index (κ2) is 5.59. The molecule has 0 aliphatic carbocycles. The first-order valence-corrected chi connectivity index (χ1v) is 6.31. The summed E-state index contributed by atoms with van der Waals surface area (Å²) in [7, 11) is 1.85. The van der Waals surface area contributed by atoms with Crippen LogP contribution in [-0.4, -0.2) is 20.7 Å². The van der Waals surface area contributed by atoms with E-state index in [1.165, 1.54) is 12.4 Å². The van der Waals surface area contributed by atoms with Gasteiger partial charge in [0.15, 0.2) is 0 Å². The van der Waals surface area contributed by atoms with Crippen LogP contribution >= 0.6 is 23.2 Å². The molecule has 0 saturated carbocycles. The summed E-state index contributed by atoms with van der Waals surface area (Å²) >= 11 is 11.8. The molecule has 0 aromatic carbocycles. The molecule has 5 nitrogen and oxygen atoms in total. The van der Waals surface area contributed by atoms with Crippen LogP contribution in [0.5, 0.6) is 0 Å². The van der Waals surface area contributed by atoms with Gasteiger partial charge in [0.05, 0.1) is 21.8 Å². The van der Waals surface area contributed by atoms with Crippen molar-refractivity contribution in [2.24, 2.45) is 7.05 Å². The maximum atomic E-state index is 12.0. The minimum absolute atomic E-state index is 0.206. The lowest BCUT2D eigenvalue weighted by molar-refractivity contribution is 0.0950. The zero-order valence-electron chi connectivity index (χ0n) is 10.4. The van der Waals surface area contributed by atoms with Gasteiger partial charge >= 0.3 is 0 Å². The van der Waals surface area contributed by atoms with Crippen LogP contribution in [0.4, 0.5) is 0 Å². The minimum atomic E-state index is -0.316. The summed E-state index contributed by atoms with van der Waals surface area (Å²) in [4.78, 5) is 15.8. The summed E-state index contributed by atoms with van der Waals surface area (Å²) in [6, 6.07) is 0. The topological polar surface area (TPSA) is 59.8 Å². The van der Waals surface area contributed by atoms with E-state index in [2.05, 4.69) is 15.4 Å². The number of nitrogens with zero attached hydrogens (tertiary/aromatic N) is 3. The second-order valence-electron chi connectivity index (χ2n) is 4.04. The van der Waals surface area contributed by atoms with Gasteiger partial charge < -0.3 is 5.32 Å². The molecule has 0 spiro atoms. The predicted molar refractivity (Wildman–Crippen MR) is 73.4 cm³/mol. The van der Waals surface area contributed by atoms with Gasteiger partial charge in [-0.1, -0.05) is 23.2 Å². The monoisotopic (exact) mass is 298 g/mol. The first-order chi connectivity index (χ1) is 9.00. The molecule has 0 unspecified atom stereocenters. The fraction of sp³-hybridized carbons (Fsp3) is 0.250. The summed E-state index contributed by atoms with van der Waals surface area (Å²) in [6.45, 7) is 2.31. The van der Waals surface area contributed by atoms with E-state index < -0.39 is 0 Å². The molecule has 0 fully saturated rings. The number of carbonyl (C=O) groups is 1. The van der Waals surface area contributed by atoms with Crippen LogP contribution in [0.3, 0.4) is 0 Å². The van der Waals surface area contributed by atoms with Crippen LogP contribution in [0, 0.1) is 6.92 Å². The highest BCUT2D eigenvalue weighted by atomic mass is 35.5. The highest BCUT2D eigenvalue weighted by Gasteiger charge is 2.14. The number of aryl methyl sites for hydroxylation is 1. The average Bonchev–Trinajstić information content (AvgIpc) is 2.70. The molecule has 0 saturated heterocycles. The van der Waals surface area contributed by atoms with Crippen molar-refractivity contribution in [3.8, 4) is 0 Å². The Morgan fingerprint density at radius 2 is 2.11 bits per heavy atom. The van der Waals surface area contributed by atoms with E-state index in [1.807, 2.05) is 14.0 Å². The second-order valence-corrected chi connectivity index (χ2v) is 4.83. The predicted octanol–water partition coefficient (Wildman–Crippen LogP) is 2.36. The number of pyridine rings is 1. The van der Waals surface area contributed by atoms with Gasteiger partial charge in [0.2, 0.25) is 0 Å². The Kier molecular flexibility index (Phi) is 4.07. The summed E-state index contributed by atoms with van der Waals surface area (Å²) in [5.41, 5.74) is 2.20. The fourth-order valence-corrected chi connectivity index (χ4v) is 1.91. The quantitative estimate of drug-likeness (QED) is 0.946. The minimum Gasteiger partial charge on any atom is -0.348 e. The lowest BCUT2D eigenvalue weighted by Crippen LogP contribution is -2.23. The molecule has 0 aliphatic heterocycles. The molecule has 7 heteroatoms. The number of carbonyl (C=O) groups excluding carboxylic acids is 1. The third kappa shape index (κ3) is 2.88. The zero-order chi connectivity index (χ0) is 14.0. The van der Waals surface area contributed by atoms with E-state index in [-0.39, 0.29) is 21.5 Å². The van der Waals surface area contributed by atoms with Crippen LogP contribution in [0.25, 0.3) is 0 Å². The highest BCUT2D eigenvalue weighted by Crippen LogP contribution is 2.24. The lowest BCUT2D eigenvalue weighted by atomic mass is 10.2. The first kappa shape index (κ1) is 13.8. The van der Waals surface area contributed by atoms with Crippen molar-refractivity contribution in [3.05, 3.63) is 45.5 Å². The van der Waals surface area contributed by atoms with Gasteiger partial charge in [-0.25, -0.2) is 0 Å². The van der Waals surface area contributed by atoms with E-state index in [0.29, 0.717) is 6.54 Å². The molecule has 1 amide bonds. The van der Waals surface area contributed by atoms with Crippen LogP contribution < -0.4 is 5.32 Å². The zero-order valence-corrected chi connectivity index (χ0v) is 12.0. The fourth-order valence-electron chi connectivity index (χ4n) is 1.57. The van der Waals surface area contributed by atoms with Gasteiger partial charge in [0.25, 0.3) is 5.91 Å². The van der Waals surface area contributed by atoms with Gasteiger partial charge in [0, 0.05) is 37.2 Å². The Morgan fingerprint density at radius 1 is 1.37 bits per heavy atom. The van der Waals surface area contributed by atoms with Gasteiger partial charge in [-0.3, -0.25) is 14.5 Å². The summed E-state index contributed by atoms with van der Waals surface area (Å²) < 4.78 is 1.75. The van der Waals surface area contributed by atoms with Crippen molar-refractivity contribution in [2.75, 3.05) is 0 Å². The smallest absolute Gasteiger partial charge is 0.254 e.